The van der Waals surface area contributed by atoms with Crippen LogP contribution in [0.5, 0.6) is 0 Å². The Hall–Kier alpha value is -1.94. The van der Waals surface area contributed by atoms with Crippen LogP contribution in [0.15, 0.2) is 42.7 Å². The lowest BCUT2D eigenvalue weighted by Crippen LogP contribution is -2.02. The SMILES string of the molecule is Cc1c[nH]c(=S)n1Cc1cccc2cccnc12. The number of aromatic nitrogens is 3. The number of aromatic amines is 1. The molecule has 1 aromatic carbocycles. The van der Waals surface area contributed by atoms with E-state index < -0.39 is 0 Å². The van der Waals surface area contributed by atoms with Crippen LogP contribution in [-0.2, 0) is 6.54 Å². The highest BCUT2D eigenvalue weighted by atomic mass is 32.1. The fourth-order valence-corrected chi connectivity index (χ4v) is 2.41. The number of H-pyrrole nitrogens is 1. The van der Waals surface area contributed by atoms with Crippen molar-refractivity contribution in [3.8, 4) is 0 Å². The summed E-state index contributed by atoms with van der Waals surface area (Å²) in [5, 5.41) is 1.16. The summed E-state index contributed by atoms with van der Waals surface area (Å²) in [6, 6.07) is 10.3. The van der Waals surface area contributed by atoms with Crippen LogP contribution in [0, 0.1) is 11.7 Å². The topological polar surface area (TPSA) is 33.6 Å². The van der Waals surface area contributed by atoms with Gasteiger partial charge in [0.25, 0.3) is 0 Å². The minimum atomic E-state index is 0.750. The van der Waals surface area contributed by atoms with Crippen LogP contribution in [0.1, 0.15) is 11.3 Å². The Morgan fingerprint density at radius 2 is 2.11 bits per heavy atom. The number of rotatable bonds is 2. The summed E-state index contributed by atoms with van der Waals surface area (Å²) < 4.78 is 2.83. The Morgan fingerprint density at radius 1 is 1.28 bits per heavy atom. The third-order valence-electron chi connectivity index (χ3n) is 3.12. The Labute approximate surface area is 110 Å². The van der Waals surface area contributed by atoms with E-state index in [1.165, 1.54) is 5.56 Å². The fourth-order valence-electron chi connectivity index (χ4n) is 2.14. The Balaban J connectivity index is 2.13. The first-order valence-corrected chi connectivity index (χ1v) is 6.24. The molecule has 2 aromatic heterocycles. The summed E-state index contributed by atoms with van der Waals surface area (Å²) in [6.45, 7) is 2.80. The lowest BCUT2D eigenvalue weighted by molar-refractivity contribution is 0.761. The summed E-state index contributed by atoms with van der Waals surface area (Å²) in [5.74, 6) is 0. The fraction of sp³-hybridized carbons (Fsp3) is 0.143. The molecule has 0 amide bonds. The summed E-state index contributed by atoms with van der Waals surface area (Å²) in [4.78, 5) is 7.53. The van der Waals surface area contributed by atoms with Crippen molar-refractivity contribution in [2.75, 3.05) is 0 Å². The van der Waals surface area contributed by atoms with Gasteiger partial charge in [0.1, 0.15) is 0 Å². The van der Waals surface area contributed by atoms with Gasteiger partial charge in [0.15, 0.2) is 4.77 Å². The van der Waals surface area contributed by atoms with E-state index in [0.717, 1.165) is 27.9 Å². The molecule has 0 spiro atoms. The highest BCUT2D eigenvalue weighted by Crippen LogP contribution is 2.17. The predicted molar refractivity (Wildman–Crippen MR) is 75.2 cm³/mol. The van der Waals surface area contributed by atoms with Crippen molar-refractivity contribution in [3.05, 3.63) is 58.8 Å². The van der Waals surface area contributed by atoms with Crippen LogP contribution in [0.2, 0.25) is 0 Å². The zero-order valence-corrected chi connectivity index (χ0v) is 10.9. The molecule has 0 fully saturated rings. The van der Waals surface area contributed by atoms with E-state index in [0.29, 0.717) is 0 Å². The molecule has 1 N–H and O–H groups in total. The van der Waals surface area contributed by atoms with Crippen LogP contribution >= 0.6 is 12.2 Å². The van der Waals surface area contributed by atoms with Crippen molar-refractivity contribution in [2.45, 2.75) is 13.5 Å². The number of nitrogens with one attached hydrogen (secondary N) is 1. The summed E-state index contributed by atoms with van der Waals surface area (Å²) in [5.41, 5.74) is 3.36. The van der Waals surface area contributed by atoms with E-state index in [1.807, 2.05) is 25.4 Å². The molecule has 3 rings (SSSR count). The van der Waals surface area contributed by atoms with Crippen LogP contribution in [0.3, 0.4) is 0 Å². The average Bonchev–Trinajstić information content (AvgIpc) is 2.71. The van der Waals surface area contributed by atoms with Gasteiger partial charge in [-0.2, -0.15) is 0 Å². The van der Waals surface area contributed by atoms with Gasteiger partial charge in [-0.3, -0.25) is 4.98 Å². The molecule has 0 unspecified atom stereocenters. The molecule has 2 heterocycles. The maximum absolute atomic E-state index is 5.28. The van der Waals surface area contributed by atoms with Crippen molar-refractivity contribution in [3.63, 3.8) is 0 Å². The van der Waals surface area contributed by atoms with E-state index in [4.69, 9.17) is 12.2 Å². The number of para-hydroxylation sites is 1. The summed E-state index contributed by atoms with van der Waals surface area (Å²) in [7, 11) is 0. The molecule has 0 bridgehead atoms. The van der Waals surface area contributed by atoms with E-state index in [9.17, 15) is 0 Å². The van der Waals surface area contributed by atoms with Crippen molar-refractivity contribution >= 4 is 23.1 Å². The number of pyridine rings is 1. The monoisotopic (exact) mass is 255 g/mol. The number of benzene rings is 1. The smallest absolute Gasteiger partial charge is 0.177 e. The molecular formula is C14H13N3S. The second kappa shape index (κ2) is 4.38. The van der Waals surface area contributed by atoms with E-state index in [-0.39, 0.29) is 0 Å². The molecule has 0 saturated carbocycles. The highest BCUT2D eigenvalue weighted by Gasteiger charge is 2.05. The molecule has 0 radical (unpaired) electrons. The first-order valence-electron chi connectivity index (χ1n) is 5.83. The number of hydrogen-bond donors (Lipinski definition) is 1. The van der Waals surface area contributed by atoms with Crippen molar-refractivity contribution < 1.29 is 0 Å². The Kier molecular flexibility index (Phi) is 2.72. The molecule has 3 aromatic rings. The van der Waals surface area contributed by atoms with Gasteiger partial charge in [-0.25, -0.2) is 0 Å². The van der Waals surface area contributed by atoms with Gasteiger partial charge in [-0.15, -0.1) is 0 Å². The quantitative estimate of drug-likeness (QED) is 0.712. The molecule has 3 nitrogen and oxygen atoms in total. The van der Waals surface area contributed by atoms with Crippen LogP contribution in [-0.4, -0.2) is 14.5 Å². The lowest BCUT2D eigenvalue weighted by atomic mass is 10.1. The minimum absolute atomic E-state index is 0.750. The van der Waals surface area contributed by atoms with Crippen molar-refractivity contribution in [1.29, 1.82) is 0 Å². The molecule has 0 aliphatic heterocycles. The van der Waals surface area contributed by atoms with Gasteiger partial charge in [0, 0.05) is 23.5 Å². The second-order valence-corrected chi connectivity index (χ2v) is 4.70. The molecule has 18 heavy (non-hydrogen) atoms. The largest absolute Gasteiger partial charge is 0.337 e. The van der Waals surface area contributed by atoms with Gasteiger partial charge < -0.3 is 9.55 Å². The molecule has 0 aliphatic rings. The molecule has 0 aliphatic carbocycles. The standard InChI is InChI=1S/C14H13N3S/c1-10-8-16-14(18)17(10)9-12-5-2-4-11-6-3-7-15-13(11)12/h2-8H,9H2,1H3,(H,16,18). The van der Waals surface area contributed by atoms with Crippen LogP contribution < -0.4 is 0 Å². The maximum atomic E-state index is 5.28. The van der Waals surface area contributed by atoms with E-state index in [1.54, 1.807) is 0 Å². The zero-order valence-electron chi connectivity index (χ0n) is 10.1. The number of nitrogens with zero attached hydrogens (tertiary/aromatic N) is 2. The molecule has 0 atom stereocenters. The lowest BCUT2D eigenvalue weighted by Gasteiger charge is -2.08. The molecular weight excluding hydrogens is 242 g/mol. The first kappa shape index (κ1) is 11.2. The second-order valence-electron chi connectivity index (χ2n) is 4.31. The third kappa shape index (κ3) is 1.84. The van der Waals surface area contributed by atoms with Gasteiger partial charge in [-0.1, -0.05) is 24.3 Å². The number of aryl methyl sites for hydroxylation is 1. The Bertz CT molecular complexity index is 750. The number of hydrogen-bond acceptors (Lipinski definition) is 2. The average molecular weight is 255 g/mol. The van der Waals surface area contributed by atoms with E-state index >= 15 is 0 Å². The summed E-state index contributed by atoms with van der Waals surface area (Å²) >= 11 is 5.28. The normalized spacial score (nSPS) is 10.9. The van der Waals surface area contributed by atoms with Gasteiger partial charge >= 0.3 is 0 Å². The van der Waals surface area contributed by atoms with Crippen molar-refractivity contribution in [1.82, 2.24) is 14.5 Å². The summed E-state index contributed by atoms with van der Waals surface area (Å²) in [6.07, 6.45) is 3.76. The maximum Gasteiger partial charge on any atom is 0.177 e. The van der Waals surface area contributed by atoms with Gasteiger partial charge in [0.05, 0.1) is 12.1 Å². The van der Waals surface area contributed by atoms with Gasteiger partial charge in [-0.05, 0) is 30.8 Å². The van der Waals surface area contributed by atoms with Crippen LogP contribution in [0.25, 0.3) is 10.9 Å². The first-order chi connectivity index (χ1) is 8.75. The van der Waals surface area contributed by atoms with E-state index in [2.05, 4.69) is 38.8 Å². The predicted octanol–water partition coefficient (Wildman–Crippen LogP) is 3.45. The minimum Gasteiger partial charge on any atom is -0.337 e. The molecule has 90 valence electrons. The highest BCUT2D eigenvalue weighted by molar-refractivity contribution is 7.71. The third-order valence-corrected chi connectivity index (χ3v) is 3.46. The van der Waals surface area contributed by atoms with Gasteiger partial charge in [0.2, 0.25) is 0 Å². The van der Waals surface area contributed by atoms with Crippen molar-refractivity contribution in [2.24, 2.45) is 0 Å². The van der Waals surface area contributed by atoms with Crippen LogP contribution in [0.4, 0.5) is 0 Å². The number of fused-ring (bicyclic) bond motifs is 1. The molecule has 4 heteroatoms. The zero-order chi connectivity index (χ0) is 12.5. The Morgan fingerprint density at radius 3 is 2.89 bits per heavy atom. The number of imidazole rings is 1. The molecule has 0 saturated heterocycles.